The maximum absolute atomic E-state index is 14.9. The van der Waals surface area contributed by atoms with Crippen LogP contribution < -0.4 is 10.1 Å². The van der Waals surface area contributed by atoms with Crippen molar-refractivity contribution in [1.29, 1.82) is 0 Å². The van der Waals surface area contributed by atoms with Crippen LogP contribution in [0.1, 0.15) is 62.6 Å². The maximum Gasteiger partial charge on any atom is 0.408 e. The minimum Gasteiger partial charge on any atom is -0.493 e. The molecule has 2 aromatic carbocycles. The topological polar surface area (TPSA) is 112 Å². The van der Waals surface area contributed by atoms with Gasteiger partial charge >= 0.3 is 6.09 Å². The highest BCUT2D eigenvalue weighted by atomic mass is 19.3. The van der Waals surface area contributed by atoms with Crippen LogP contribution in [-0.4, -0.2) is 101 Å². The molecule has 3 fully saturated rings. The van der Waals surface area contributed by atoms with E-state index in [-0.39, 0.29) is 56.6 Å². The van der Waals surface area contributed by atoms with Crippen LogP contribution in [0.3, 0.4) is 0 Å². The van der Waals surface area contributed by atoms with Gasteiger partial charge in [0.1, 0.15) is 17.8 Å². The first kappa shape index (κ1) is 33.1. The van der Waals surface area contributed by atoms with E-state index in [0.717, 1.165) is 10.5 Å². The second kappa shape index (κ2) is 14.1. The summed E-state index contributed by atoms with van der Waals surface area (Å²) in [5, 5.41) is 13.7. The smallest absolute Gasteiger partial charge is 0.408 e. The second-order valence-electron chi connectivity index (χ2n) is 13.2. The van der Waals surface area contributed by atoms with Gasteiger partial charge in [-0.3, -0.25) is 19.4 Å². The lowest BCUT2D eigenvalue weighted by atomic mass is 9.80. The van der Waals surface area contributed by atoms with Gasteiger partial charge in [0.2, 0.25) is 17.7 Å². The monoisotopic (exact) mass is 654 g/mol. The van der Waals surface area contributed by atoms with Crippen molar-refractivity contribution in [2.24, 2.45) is 5.92 Å². The number of para-hydroxylation sites is 1. The van der Waals surface area contributed by atoms with Gasteiger partial charge in [-0.25, -0.2) is 13.6 Å². The lowest BCUT2D eigenvalue weighted by Gasteiger charge is -2.47. The Balaban J connectivity index is 1.32. The van der Waals surface area contributed by atoms with Crippen molar-refractivity contribution in [3.63, 3.8) is 0 Å². The third kappa shape index (κ3) is 7.38. The van der Waals surface area contributed by atoms with Gasteiger partial charge in [0.25, 0.3) is 0 Å². The van der Waals surface area contributed by atoms with Crippen LogP contribution in [-0.2, 0) is 20.9 Å². The first-order valence-corrected chi connectivity index (χ1v) is 16.7. The molecule has 47 heavy (non-hydrogen) atoms. The molecule has 12 heteroatoms. The van der Waals surface area contributed by atoms with Crippen molar-refractivity contribution >= 4 is 17.9 Å². The number of rotatable bonds is 9. The number of ether oxygens (including phenoxy) is 2. The molecule has 2 aromatic rings. The number of carbonyl (C=O) groups excluding carboxylic acids is 2. The van der Waals surface area contributed by atoms with Gasteiger partial charge in [0.15, 0.2) is 0 Å². The van der Waals surface area contributed by atoms with Crippen molar-refractivity contribution in [2.75, 3.05) is 32.8 Å². The number of halogens is 2. The number of hydrogen-bond donors (Lipinski definition) is 2. The summed E-state index contributed by atoms with van der Waals surface area (Å²) in [6, 6.07) is 14.0. The SMILES string of the molecule is CCO[C@@H]1C[C@@H]2CN(C(=O)[C@H](C3CCC(F)(F)CC3)N(Cc3ccccc3)C(=O)O)[C@H](C(=O)N[C@@H]3CCOc4ccccc43)CN2C1. The molecule has 2 N–H and O–H groups in total. The zero-order chi connectivity index (χ0) is 33.1. The summed E-state index contributed by atoms with van der Waals surface area (Å²) in [7, 11) is 0. The summed E-state index contributed by atoms with van der Waals surface area (Å²) < 4.78 is 40.4. The molecule has 1 saturated carbocycles. The number of nitrogens with zero attached hydrogens (tertiary/aromatic N) is 3. The Hall–Kier alpha value is -3.77. The number of piperazine rings is 1. The van der Waals surface area contributed by atoms with Gasteiger partial charge in [-0.2, -0.15) is 0 Å². The lowest BCUT2D eigenvalue weighted by molar-refractivity contribution is -0.152. The van der Waals surface area contributed by atoms with E-state index in [1.165, 1.54) is 4.90 Å². The van der Waals surface area contributed by atoms with Crippen molar-refractivity contribution in [2.45, 2.75) is 88.2 Å². The van der Waals surface area contributed by atoms with Crippen molar-refractivity contribution in [3.8, 4) is 5.75 Å². The Morgan fingerprint density at radius 1 is 1.04 bits per heavy atom. The summed E-state index contributed by atoms with van der Waals surface area (Å²) in [4.78, 5) is 46.8. The number of nitrogens with one attached hydrogen (secondary N) is 1. The lowest BCUT2D eigenvalue weighted by Crippen LogP contribution is -2.66. The van der Waals surface area contributed by atoms with Gasteiger partial charge in [-0.1, -0.05) is 48.5 Å². The molecular weight excluding hydrogens is 610 g/mol. The first-order valence-electron chi connectivity index (χ1n) is 16.7. The third-order valence-electron chi connectivity index (χ3n) is 10.2. The van der Waals surface area contributed by atoms with E-state index in [1.807, 2.05) is 37.3 Å². The largest absolute Gasteiger partial charge is 0.493 e. The average molecular weight is 655 g/mol. The average Bonchev–Trinajstić information content (AvgIpc) is 3.46. The second-order valence-corrected chi connectivity index (χ2v) is 13.2. The quantitative estimate of drug-likeness (QED) is 0.404. The fourth-order valence-corrected chi connectivity index (χ4v) is 7.81. The highest BCUT2D eigenvalue weighted by Gasteiger charge is 2.50. The molecule has 5 atom stereocenters. The summed E-state index contributed by atoms with van der Waals surface area (Å²) in [6.07, 6.45) is -0.936. The molecule has 4 aliphatic rings. The molecule has 0 unspecified atom stereocenters. The van der Waals surface area contributed by atoms with E-state index >= 15 is 0 Å². The highest BCUT2D eigenvalue weighted by molar-refractivity contribution is 5.92. The Morgan fingerprint density at radius 2 is 1.77 bits per heavy atom. The van der Waals surface area contributed by atoms with Gasteiger partial charge < -0.3 is 24.8 Å². The predicted octanol–water partition coefficient (Wildman–Crippen LogP) is 4.69. The molecule has 0 spiro atoms. The number of hydrogen-bond acceptors (Lipinski definition) is 6. The third-order valence-corrected chi connectivity index (χ3v) is 10.2. The van der Waals surface area contributed by atoms with Crippen LogP contribution in [0.5, 0.6) is 5.75 Å². The van der Waals surface area contributed by atoms with Crippen molar-refractivity contribution in [3.05, 3.63) is 65.7 Å². The highest BCUT2D eigenvalue weighted by Crippen LogP contribution is 2.40. The van der Waals surface area contributed by atoms with Crippen LogP contribution in [0.4, 0.5) is 13.6 Å². The molecule has 0 aromatic heterocycles. The molecule has 1 aliphatic carbocycles. The number of carboxylic acid groups (broad SMARTS) is 1. The standard InChI is InChI=1S/C35H44F2N4O6/c1-2-46-26-18-25-20-40(29(22-39(25)21-26)32(42)38-28-14-17-47-30-11-7-6-10-27(28)30)33(43)31(24-12-15-35(36,37)16-13-24)41(34(44)45)19-23-8-4-3-5-9-23/h3-11,24-26,28-29,31H,2,12-22H2,1H3,(H,38,42)(H,44,45)/t25-,26-,28-,29+,31+/m1/s1. The van der Waals surface area contributed by atoms with Crippen molar-refractivity contribution in [1.82, 2.24) is 20.0 Å². The van der Waals surface area contributed by atoms with Gasteiger partial charge in [-0.15, -0.1) is 0 Å². The molecule has 10 nitrogen and oxygen atoms in total. The predicted molar refractivity (Wildman–Crippen MR) is 169 cm³/mol. The normalized spacial score (nSPS) is 26.4. The van der Waals surface area contributed by atoms with Crippen LogP contribution in [0, 0.1) is 5.92 Å². The number of benzene rings is 2. The number of carbonyl (C=O) groups is 3. The molecule has 6 rings (SSSR count). The van der Waals surface area contributed by atoms with E-state index in [0.29, 0.717) is 43.9 Å². The first-order chi connectivity index (χ1) is 22.6. The summed E-state index contributed by atoms with van der Waals surface area (Å²) in [5.41, 5.74) is 1.54. The Labute approximate surface area is 274 Å². The molecule has 3 amide bonds. The summed E-state index contributed by atoms with van der Waals surface area (Å²) in [5.74, 6) is -3.62. The number of fused-ring (bicyclic) bond motifs is 2. The van der Waals surface area contributed by atoms with Crippen LogP contribution in [0.25, 0.3) is 0 Å². The molecule has 3 heterocycles. The fraction of sp³-hybridized carbons (Fsp3) is 0.571. The van der Waals surface area contributed by atoms with E-state index in [9.17, 15) is 28.3 Å². The van der Waals surface area contributed by atoms with E-state index < -0.39 is 48.8 Å². The number of amides is 3. The summed E-state index contributed by atoms with van der Waals surface area (Å²) in [6.45, 7) is 3.93. The zero-order valence-corrected chi connectivity index (χ0v) is 26.7. The molecule has 0 bridgehead atoms. The van der Waals surface area contributed by atoms with Gasteiger partial charge in [0.05, 0.1) is 18.8 Å². The van der Waals surface area contributed by atoms with Crippen LogP contribution in [0.2, 0.25) is 0 Å². The summed E-state index contributed by atoms with van der Waals surface area (Å²) >= 11 is 0. The van der Waals surface area contributed by atoms with E-state index in [2.05, 4.69) is 10.2 Å². The van der Waals surface area contributed by atoms with Gasteiger partial charge in [-0.05, 0) is 43.7 Å². The van der Waals surface area contributed by atoms with E-state index in [1.54, 1.807) is 24.3 Å². The Bertz CT molecular complexity index is 1420. The number of alkyl halides is 2. The fourth-order valence-electron chi connectivity index (χ4n) is 7.81. The Morgan fingerprint density at radius 3 is 2.49 bits per heavy atom. The zero-order valence-electron chi connectivity index (χ0n) is 26.7. The maximum atomic E-state index is 14.9. The molecule has 254 valence electrons. The van der Waals surface area contributed by atoms with E-state index in [4.69, 9.17) is 9.47 Å². The molecular formula is C35H44F2N4O6. The Kier molecular flexibility index (Phi) is 9.98. The minimum atomic E-state index is -2.86. The molecule has 2 saturated heterocycles. The van der Waals surface area contributed by atoms with Crippen LogP contribution in [0.15, 0.2) is 54.6 Å². The minimum absolute atomic E-state index is 0.00745. The molecule has 3 aliphatic heterocycles. The van der Waals surface area contributed by atoms with Crippen LogP contribution >= 0.6 is 0 Å². The molecule has 0 radical (unpaired) electrons. The van der Waals surface area contributed by atoms with Gasteiger partial charge in [0, 0.05) is 63.7 Å². The van der Waals surface area contributed by atoms with Crippen molar-refractivity contribution < 1.29 is 37.7 Å².